The van der Waals surface area contributed by atoms with Gasteiger partial charge in [0.1, 0.15) is 17.0 Å². The largest absolute Gasteiger partial charge is 0.497 e. The van der Waals surface area contributed by atoms with Gasteiger partial charge in [0.25, 0.3) is 11.8 Å². The Morgan fingerprint density at radius 2 is 1.96 bits per heavy atom. The maximum absolute atomic E-state index is 12.2. The van der Waals surface area contributed by atoms with Crippen LogP contribution >= 0.6 is 0 Å². The zero-order valence-corrected chi connectivity index (χ0v) is 15.0. The van der Waals surface area contributed by atoms with Crippen LogP contribution in [0.1, 0.15) is 0 Å². The summed E-state index contributed by atoms with van der Waals surface area (Å²) < 4.78 is 10.9. The lowest BCUT2D eigenvalue weighted by Crippen LogP contribution is -2.34. The first-order chi connectivity index (χ1) is 13.6. The van der Waals surface area contributed by atoms with Crippen molar-refractivity contribution in [1.29, 1.82) is 0 Å². The first-order valence-corrected chi connectivity index (χ1v) is 8.59. The highest BCUT2D eigenvalue weighted by Crippen LogP contribution is 2.28. The molecule has 0 fully saturated rings. The van der Waals surface area contributed by atoms with E-state index in [1.165, 1.54) is 6.08 Å². The van der Waals surface area contributed by atoms with E-state index in [-0.39, 0.29) is 18.8 Å². The standard InChI is InChI=1S/C20H17N3O5/c1-27-14-5-2-12(3-6-14)19-22-15-10-13(4-7-17(15)28-19)21-16-11-18(25)23(8-9-24)20(16)26/h2-7,10-11,21,24H,8-9H2,1H3. The number of aliphatic hydroxyl groups is 1. The number of oxazole rings is 1. The molecule has 0 radical (unpaired) electrons. The number of aliphatic hydroxyl groups excluding tert-OH is 1. The number of hydrogen-bond donors (Lipinski definition) is 2. The number of carbonyl (C=O) groups is 2. The van der Waals surface area contributed by atoms with E-state index in [2.05, 4.69) is 10.3 Å². The average Bonchev–Trinajstić information content (AvgIpc) is 3.24. The van der Waals surface area contributed by atoms with E-state index in [0.29, 0.717) is 22.7 Å². The van der Waals surface area contributed by atoms with Gasteiger partial charge in [-0.2, -0.15) is 0 Å². The number of anilines is 1. The second kappa shape index (κ2) is 7.16. The molecule has 1 aliphatic heterocycles. The Balaban J connectivity index is 1.57. The molecule has 1 aromatic heterocycles. The summed E-state index contributed by atoms with van der Waals surface area (Å²) in [6, 6.07) is 12.6. The highest BCUT2D eigenvalue weighted by Gasteiger charge is 2.30. The summed E-state index contributed by atoms with van der Waals surface area (Å²) >= 11 is 0. The molecular weight excluding hydrogens is 362 g/mol. The van der Waals surface area contributed by atoms with Gasteiger partial charge in [-0.15, -0.1) is 0 Å². The molecule has 8 heteroatoms. The van der Waals surface area contributed by atoms with Gasteiger partial charge in [-0.05, 0) is 42.5 Å². The minimum absolute atomic E-state index is 0.0348. The number of imide groups is 1. The third-order valence-electron chi connectivity index (χ3n) is 4.34. The molecule has 8 nitrogen and oxygen atoms in total. The second-order valence-corrected chi connectivity index (χ2v) is 6.13. The fraction of sp³-hybridized carbons (Fsp3) is 0.150. The first kappa shape index (κ1) is 17.7. The molecule has 3 aromatic rings. The quantitative estimate of drug-likeness (QED) is 0.632. The molecule has 0 aliphatic carbocycles. The number of hydrogen-bond acceptors (Lipinski definition) is 7. The Hall–Kier alpha value is -3.65. The van der Waals surface area contributed by atoms with E-state index >= 15 is 0 Å². The molecule has 0 atom stereocenters. The molecular formula is C20H17N3O5. The molecule has 28 heavy (non-hydrogen) atoms. The summed E-state index contributed by atoms with van der Waals surface area (Å²) in [7, 11) is 1.60. The number of fused-ring (bicyclic) bond motifs is 1. The van der Waals surface area contributed by atoms with Gasteiger partial charge in [0.2, 0.25) is 5.89 Å². The van der Waals surface area contributed by atoms with Crippen molar-refractivity contribution in [3.05, 3.63) is 54.2 Å². The van der Waals surface area contributed by atoms with Gasteiger partial charge in [-0.1, -0.05) is 0 Å². The molecule has 2 amide bonds. The number of nitrogens with zero attached hydrogens (tertiary/aromatic N) is 2. The second-order valence-electron chi connectivity index (χ2n) is 6.13. The van der Waals surface area contributed by atoms with Crippen molar-refractivity contribution >= 4 is 28.6 Å². The van der Waals surface area contributed by atoms with Crippen LogP contribution in [0.4, 0.5) is 5.69 Å². The van der Waals surface area contributed by atoms with Gasteiger partial charge in [-0.3, -0.25) is 14.5 Å². The molecule has 1 aliphatic rings. The highest BCUT2D eigenvalue weighted by atomic mass is 16.5. The van der Waals surface area contributed by atoms with Crippen molar-refractivity contribution in [2.24, 2.45) is 0 Å². The summed E-state index contributed by atoms with van der Waals surface area (Å²) in [5.41, 5.74) is 2.77. The van der Waals surface area contributed by atoms with E-state index in [9.17, 15) is 9.59 Å². The summed E-state index contributed by atoms with van der Waals surface area (Å²) in [5, 5.41) is 11.9. The van der Waals surface area contributed by atoms with Gasteiger partial charge < -0.3 is 19.6 Å². The molecule has 2 heterocycles. The van der Waals surface area contributed by atoms with Crippen LogP contribution in [0.3, 0.4) is 0 Å². The highest BCUT2D eigenvalue weighted by molar-refractivity contribution is 6.17. The molecule has 0 unspecified atom stereocenters. The Morgan fingerprint density at radius 1 is 1.18 bits per heavy atom. The van der Waals surface area contributed by atoms with Gasteiger partial charge in [0.15, 0.2) is 5.58 Å². The molecule has 0 saturated carbocycles. The van der Waals surface area contributed by atoms with Gasteiger partial charge >= 0.3 is 0 Å². The number of methoxy groups -OCH3 is 1. The minimum atomic E-state index is -0.474. The lowest BCUT2D eigenvalue weighted by molar-refractivity contribution is -0.137. The molecule has 142 valence electrons. The van der Waals surface area contributed by atoms with Crippen LogP contribution in [-0.4, -0.2) is 47.1 Å². The average molecular weight is 379 g/mol. The molecule has 0 spiro atoms. The maximum atomic E-state index is 12.2. The van der Waals surface area contributed by atoms with Crippen molar-refractivity contribution in [2.45, 2.75) is 0 Å². The summed E-state index contributed by atoms with van der Waals surface area (Å²) in [6.45, 7) is -0.315. The maximum Gasteiger partial charge on any atom is 0.277 e. The van der Waals surface area contributed by atoms with Crippen LogP contribution in [0.2, 0.25) is 0 Å². The Morgan fingerprint density at radius 3 is 2.68 bits per heavy atom. The van der Waals surface area contributed by atoms with Crippen molar-refractivity contribution < 1.29 is 23.8 Å². The van der Waals surface area contributed by atoms with Crippen molar-refractivity contribution in [3.8, 4) is 17.2 Å². The fourth-order valence-corrected chi connectivity index (χ4v) is 2.93. The zero-order valence-electron chi connectivity index (χ0n) is 15.0. The first-order valence-electron chi connectivity index (χ1n) is 8.59. The van der Waals surface area contributed by atoms with Crippen LogP contribution in [0.5, 0.6) is 5.75 Å². The van der Waals surface area contributed by atoms with E-state index in [1.807, 2.05) is 24.3 Å². The predicted octanol–water partition coefficient (Wildman–Crippen LogP) is 2.16. The van der Waals surface area contributed by atoms with E-state index < -0.39 is 11.8 Å². The van der Waals surface area contributed by atoms with Crippen molar-refractivity contribution in [3.63, 3.8) is 0 Å². The van der Waals surface area contributed by atoms with Gasteiger partial charge in [0.05, 0.1) is 20.3 Å². The van der Waals surface area contributed by atoms with Crippen LogP contribution in [0.25, 0.3) is 22.6 Å². The normalized spacial score (nSPS) is 13.9. The van der Waals surface area contributed by atoms with Crippen LogP contribution in [0, 0.1) is 0 Å². The minimum Gasteiger partial charge on any atom is -0.497 e. The SMILES string of the molecule is COc1ccc(-c2nc3cc(NC4=CC(=O)N(CCO)C4=O)ccc3o2)cc1. The molecule has 0 saturated heterocycles. The van der Waals surface area contributed by atoms with Crippen LogP contribution < -0.4 is 10.1 Å². The van der Waals surface area contributed by atoms with Crippen LogP contribution in [-0.2, 0) is 9.59 Å². The molecule has 2 N–H and O–H groups in total. The number of benzene rings is 2. The summed E-state index contributed by atoms with van der Waals surface area (Å²) in [6.07, 6.45) is 1.22. The van der Waals surface area contributed by atoms with E-state index in [0.717, 1.165) is 16.2 Å². The predicted molar refractivity (Wildman–Crippen MR) is 102 cm³/mol. The lowest BCUT2D eigenvalue weighted by atomic mass is 10.2. The number of nitrogens with one attached hydrogen (secondary N) is 1. The van der Waals surface area contributed by atoms with Gasteiger partial charge in [0, 0.05) is 17.3 Å². The summed E-state index contributed by atoms with van der Waals surface area (Å²) in [5.74, 6) is 0.282. The number of ether oxygens (including phenoxy) is 1. The number of aromatic nitrogens is 1. The fourth-order valence-electron chi connectivity index (χ4n) is 2.93. The molecule has 4 rings (SSSR count). The number of amides is 2. The molecule has 0 bridgehead atoms. The Labute approximate surface area is 160 Å². The van der Waals surface area contributed by atoms with E-state index in [1.54, 1.807) is 25.3 Å². The number of carbonyl (C=O) groups excluding carboxylic acids is 2. The topological polar surface area (TPSA) is 105 Å². The Kier molecular flexibility index (Phi) is 4.54. The lowest BCUT2D eigenvalue weighted by Gasteiger charge is -2.13. The van der Waals surface area contributed by atoms with Crippen molar-refractivity contribution in [1.82, 2.24) is 9.88 Å². The smallest absolute Gasteiger partial charge is 0.277 e. The summed E-state index contributed by atoms with van der Waals surface area (Å²) in [4.78, 5) is 29.5. The Bertz CT molecular complexity index is 1080. The third-order valence-corrected chi connectivity index (χ3v) is 4.34. The molecule has 2 aromatic carbocycles. The number of rotatable bonds is 6. The van der Waals surface area contributed by atoms with Crippen LogP contribution in [0.15, 0.2) is 58.7 Å². The number of β-amino-alcohol motifs (C(OH)–C–C–N with tert-alkyl or cyclic N) is 1. The van der Waals surface area contributed by atoms with E-state index in [4.69, 9.17) is 14.3 Å². The third kappa shape index (κ3) is 3.21. The van der Waals surface area contributed by atoms with Gasteiger partial charge in [-0.25, -0.2) is 4.98 Å². The zero-order chi connectivity index (χ0) is 19.7. The monoisotopic (exact) mass is 379 g/mol. The van der Waals surface area contributed by atoms with Crippen molar-refractivity contribution in [2.75, 3.05) is 25.6 Å².